The van der Waals surface area contributed by atoms with Gasteiger partial charge in [-0.15, -0.1) is 0 Å². The molecule has 0 aliphatic carbocycles. The number of hydrogen-bond acceptors (Lipinski definition) is 6. The van der Waals surface area contributed by atoms with E-state index in [2.05, 4.69) is 32.9 Å². The Balaban J connectivity index is 2.09. The molecule has 0 aromatic heterocycles. The maximum atomic E-state index is 11.9. The molecule has 0 aliphatic heterocycles. The first-order valence-corrected chi connectivity index (χ1v) is 11.2. The van der Waals surface area contributed by atoms with Crippen LogP contribution in [0.3, 0.4) is 0 Å². The van der Waals surface area contributed by atoms with Crippen LogP contribution in [0.2, 0.25) is 5.02 Å². The Morgan fingerprint density at radius 2 is 1.70 bits per heavy atom. The molecule has 6 nitrogen and oxygen atoms in total. The molecule has 7 heteroatoms. The summed E-state index contributed by atoms with van der Waals surface area (Å²) >= 11 is 6.42. The summed E-state index contributed by atoms with van der Waals surface area (Å²) in [7, 11) is 0. The lowest BCUT2D eigenvalue weighted by Crippen LogP contribution is -2.12. The summed E-state index contributed by atoms with van der Waals surface area (Å²) < 4.78 is 22.2. The fraction of sp³-hybridized carbons (Fsp3) is 0.385. The Hall–Kier alpha value is -3.17. The van der Waals surface area contributed by atoms with E-state index in [4.69, 9.17) is 30.5 Å². The highest BCUT2D eigenvalue weighted by Crippen LogP contribution is 2.37. The molecule has 176 valence electrons. The smallest absolute Gasteiger partial charge is 0.348 e. The zero-order valence-electron chi connectivity index (χ0n) is 19.7. The zero-order valence-corrected chi connectivity index (χ0v) is 20.5. The molecule has 0 amide bonds. The predicted octanol–water partition coefficient (Wildman–Crippen LogP) is 5.96. The lowest BCUT2D eigenvalue weighted by atomic mass is 9.87. The number of nitrogens with zero attached hydrogens (tertiary/aromatic N) is 1. The van der Waals surface area contributed by atoms with E-state index in [1.807, 2.05) is 25.1 Å². The van der Waals surface area contributed by atoms with Crippen molar-refractivity contribution in [3.05, 3.63) is 58.1 Å². The molecule has 0 spiro atoms. The van der Waals surface area contributed by atoms with Crippen molar-refractivity contribution in [3.63, 3.8) is 0 Å². The van der Waals surface area contributed by atoms with E-state index < -0.39 is 5.97 Å². The van der Waals surface area contributed by atoms with Crippen LogP contribution in [-0.4, -0.2) is 32.4 Å². The van der Waals surface area contributed by atoms with Crippen LogP contribution in [0.5, 0.6) is 17.2 Å². The van der Waals surface area contributed by atoms with Gasteiger partial charge in [-0.05, 0) is 60.7 Å². The van der Waals surface area contributed by atoms with Gasteiger partial charge in [0.2, 0.25) is 0 Å². The van der Waals surface area contributed by atoms with Gasteiger partial charge in [0.15, 0.2) is 11.5 Å². The first-order chi connectivity index (χ1) is 15.7. The van der Waals surface area contributed by atoms with Crippen LogP contribution in [-0.2, 0) is 14.9 Å². The second-order valence-electron chi connectivity index (χ2n) is 8.12. The number of nitriles is 1. The number of rotatable bonds is 10. The highest BCUT2D eigenvalue weighted by molar-refractivity contribution is 6.32. The van der Waals surface area contributed by atoms with Gasteiger partial charge >= 0.3 is 5.97 Å². The first-order valence-electron chi connectivity index (χ1n) is 10.8. The molecule has 2 rings (SSSR count). The standard InChI is InChI=1S/C26H30ClNO5/c1-6-30-23-16-18(14-19(17-28)25(29)31-7-2)15-22(27)24(23)33-13-12-32-21-10-8-20(9-11-21)26(3,4)5/h8-11,14-16H,6-7,12-13H2,1-5H3. The minimum absolute atomic E-state index is 0.0831. The van der Waals surface area contributed by atoms with Crippen molar-refractivity contribution >= 4 is 23.6 Å². The topological polar surface area (TPSA) is 77.8 Å². The lowest BCUT2D eigenvalue weighted by Gasteiger charge is -2.19. The van der Waals surface area contributed by atoms with Crippen molar-refractivity contribution in [2.24, 2.45) is 0 Å². The van der Waals surface area contributed by atoms with Crippen molar-refractivity contribution in [2.75, 3.05) is 26.4 Å². The van der Waals surface area contributed by atoms with Crippen molar-refractivity contribution in [2.45, 2.75) is 40.0 Å². The Morgan fingerprint density at radius 1 is 1.03 bits per heavy atom. The van der Waals surface area contributed by atoms with Crippen molar-refractivity contribution < 1.29 is 23.7 Å². The molecule has 0 bridgehead atoms. The highest BCUT2D eigenvalue weighted by atomic mass is 35.5. The van der Waals surface area contributed by atoms with Gasteiger partial charge in [0.05, 0.1) is 18.2 Å². The molecule has 2 aromatic carbocycles. The number of ether oxygens (including phenoxy) is 4. The van der Waals surface area contributed by atoms with Crippen molar-refractivity contribution in [1.29, 1.82) is 5.26 Å². The SMILES string of the molecule is CCOC(=O)C(C#N)=Cc1cc(Cl)c(OCCOc2ccc(C(C)(C)C)cc2)c(OCC)c1. The van der Waals surface area contributed by atoms with E-state index in [9.17, 15) is 10.1 Å². The summed E-state index contributed by atoms with van der Waals surface area (Å²) in [6, 6.07) is 13.1. The van der Waals surface area contributed by atoms with E-state index in [1.54, 1.807) is 19.1 Å². The summed E-state index contributed by atoms with van der Waals surface area (Å²) in [6.45, 7) is 11.1. The van der Waals surface area contributed by atoms with Gasteiger partial charge in [-0.25, -0.2) is 4.79 Å². The third-order valence-corrected chi connectivity index (χ3v) is 4.86. The second-order valence-corrected chi connectivity index (χ2v) is 8.53. The number of carbonyl (C=O) groups is 1. The molecule has 0 radical (unpaired) electrons. The van der Waals surface area contributed by atoms with Crippen LogP contribution in [0, 0.1) is 11.3 Å². The number of hydrogen-bond donors (Lipinski definition) is 0. The average Bonchev–Trinajstić information content (AvgIpc) is 2.76. The minimum atomic E-state index is -0.693. The van der Waals surface area contributed by atoms with Crippen LogP contribution >= 0.6 is 11.6 Å². The van der Waals surface area contributed by atoms with Crippen LogP contribution < -0.4 is 14.2 Å². The quantitative estimate of drug-likeness (QED) is 0.184. The van der Waals surface area contributed by atoms with E-state index >= 15 is 0 Å². The van der Waals surface area contributed by atoms with Gasteiger partial charge in [-0.3, -0.25) is 0 Å². The average molecular weight is 472 g/mol. The predicted molar refractivity (Wildman–Crippen MR) is 129 cm³/mol. The van der Waals surface area contributed by atoms with Crippen LogP contribution in [0.1, 0.15) is 45.7 Å². The highest BCUT2D eigenvalue weighted by Gasteiger charge is 2.16. The normalized spacial score (nSPS) is 11.5. The molecular formula is C26H30ClNO5. The van der Waals surface area contributed by atoms with Crippen LogP contribution in [0.25, 0.3) is 6.08 Å². The molecule has 0 heterocycles. The van der Waals surface area contributed by atoms with Gasteiger partial charge in [0.1, 0.15) is 30.6 Å². The Labute approximate surface area is 200 Å². The number of esters is 1. The molecule has 0 N–H and O–H groups in total. The fourth-order valence-electron chi connectivity index (χ4n) is 2.94. The molecule has 2 aromatic rings. The van der Waals surface area contributed by atoms with Gasteiger partial charge in [0.25, 0.3) is 0 Å². The summed E-state index contributed by atoms with van der Waals surface area (Å²) in [5.74, 6) is 0.845. The van der Waals surface area contributed by atoms with Crippen molar-refractivity contribution in [3.8, 4) is 23.3 Å². The molecule has 0 fully saturated rings. The zero-order chi connectivity index (χ0) is 24.4. The van der Waals surface area contributed by atoms with Gasteiger partial charge in [-0.1, -0.05) is 44.5 Å². The maximum absolute atomic E-state index is 11.9. The van der Waals surface area contributed by atoms with Gasteiger partial charge in [0, 0.05) is 0 Å². The van der Waals surface area contributed by atoms with E-state index in [-0.39, 0.29) is 24.2 Å². The van der Waals surface area contributed by atoms with Crippen LogP contribution in [0.15, 0.2) is 42.0 Å². The Morgan fingerprint density at radius 3 is 2.27 bits per heavy atom. The summed E-state index contributed by atoms with van der Waals surface area (Å²) in [4.78, 5) is 11.9. The summed E-state index contributed by atoms with van der Waals surface area (Å²) in [6.07, 6.45) is 1.40. The Bertz CT molecular complexity index is 1020. The molecule has 33 heavy (non-hydrogen) atoms. The Kier molecular flexibility index (Phi) is 9.62. The number of halogens is 1. The van der Waals surface area contributed by atoms with Crippen molar-refractivity contribution in [1.82, 2.24) is 0 Å². The number of carbonyl (C=O) groups excluding carboxylic acids is 1. The number of benzene rings is 2. The maximum Gasteiger partial charge on any atom is 0.348 e. The molecule has 0 unspecified atom stereocenters. The van der Waals surface area contributed by atoms with E-state index in [0.717, 1.165) is 5.75 Å². The summed E-state index contributed by atoms with van der Waals surface area (Å²) in [5, 5.41) is 9.55. The lowest BCUT2D eigenvalue weighted by molar-refractivity contribution is -0.137. The van der Waals surface area contributed by atoms with E-state index in [1.165, 1.54) is 11.6 Å². The van der Waals surface area contributed by atoms with Gasteiger partial charge < -0.3 is 18.9 Å². The fourth-order valence-corrected chi connectivity index (χ4v) is 3.21. The third kappa shape index (κ3) is 7.73. The second kappa shape index (κ2) is 12.2. The molecule has 0 saturated heterocycles. The minimum Gasteiger partial charge on any atom is -0.490 e. The molecule has 0 aliphatic rings. The third-order valence-electron chi connectivity index (χ3n) is 4.58. The molecule has 0 saturated carbocycles. The van der Waals surface area contributed by atoms with Gasteiger partial charge in [-0.2, -0.15) is 5.26 Å². The van der Waals surface area contributed by atoms with Crippen LogP contribution in [0.4, 0.5) is 0 Å². The largest absolute Gasteiger partial charge is 0.490 e. The first kappa shape index (κ1) is 26.1. The van der Waals surface area contributed by atoms with E-state index in [0.29, 0.717) is 35.3 Å². The summed E-state index contributed by atoms with van der Waals surface area (Å²) in [5.41, 5.74) is 1.71. The molecular weight excluding hydrogens is 442 g/mol. The monoisotopic (exact) mass is 471 g/mol. The molecule has 0 atom stereocenters.